The molecule has 1 saturated heterocycles. The maximum absolute atomic E-state index is 6.13. The SMILES string of the molecule is COCC1CCN(c2cccc(OC)c2N)CC1. The highest BCUT2D eigenvalue weighted by atomic mass is 16.5. The third-order valence-corrected chi connectivity index (χ3v) is 3.62. The standard InChI is InChI=1S/C14H22N2O2/c1-17-10-11-6-8-16(9-7-11)12-4-3-5-13(18-2)14(12)15/h3-5,11H,6-10,15H2,1-2H3. The van der Waals surface area contributed by atoms with Crippen LogP contribution < -0.4 is 15.4 Å². The molecule has 4 heteroatoms. The van der Waals surface area contributed by atoms with E-state index in [0.717, 1.165) is 49.7 Å². The molecule has 1 fully saturated rings. The van der Waals surface area contributed by atoms with Gasteiger partial charge in [-0.2, -0.15) is 0 Å². The highest BCUT2D eigenvalue weighted by Crippen LogP contribution is 2.34. The molecule has 1 aromatic carbocycles. The fourth-order valence-corrected chi connectivity index (χ4v) is 2.56. The van der Waals surface area contributed by atoms with Crippen molar-refractivity contribution >= 4 is 11.4 Å². The Bertz CT molecular complexity index is 387. The molecule has 18 heavy (non-hydrogen) atoms. The number of hydrogen-bond acceptors (Lipinski definition) is 4. The number of nitrogens with two attached hydrogens (primary N) is 1. The molecule has 0 aromatic heterocycles. The molecule has 1 heterocycles. The maximum atomic E-state index is 6.13. The van der Waals surface area contributed by atoms with Gasteiger partial charge in [-0.1, -0.05) is 6.07 Å². The molecule has 2 rings (SSSR count). The Morgan fingerprint density at radius 3 is 2.61 bits per heavy atom. The first kappa shape index (κ1) is 13.0. The van der Waals surface area contributed by atoms with Crippen LogP contribution in [0.3, 0.4) is 0 Å². The first-order chi connectivity index (χ1) is 8.76. The molecule has 0 aliphatic carbocycles. The number of rotatable bonds is 4. The third kappa shape index (κ3) is 2.70. The van der Waals surface area contributed by atoms with Crippen LogP contribution in [0.15, 0.2) is 18.2 Å². The van der Waals surface area contributed by atoms with Crippen LogP contribution in [0.1, 0.15) is 12.8 Å². The summed E-state index contributed by atoms with van der Waals surface area (Å²) in [5, 5.41) is 0. The first-order valence-electron chi connectivity index (χ1n) is 6.42. The van der Waals surface area contributed by atoms with Crippen molar-refractivity contribution in [3.05, 3.63) is 18.2 Å². The van der Waals surface area contributed by atoms with E-state index in [1.165, 1.54) is 0 Å². The number of hydrogen-bond donors (Lipinski definition) is 1. The van der Waals surface area contributed by atoms with E-state index in [1.54, 1.807) is 14.2 Å². The molecule has 0 unspecified atom stereocenters. The van der Waals surface area contributed by atoms with Gasteiger partial charge in [-0.15, -0.1) is 0 Å². The largest absolute Gasteiger partial charge is 0.495 e. The Kier molecular flexibility index (Phi) is 4.31. The van der Waals surface area contributed by atoms with E-state index in [2.05, 4.69) is 11.0 Å². The topological polar surface area (TPSA) is 47.7 Å². The van der Waals surface area contributed by atoms with Crippen molar-refractivity contribution in [3.63, 3.8) is 0 Å². The number of nitrogen functional groups attached to an aromatic ring is 1. The van der Waals surface area contributed by atoms with Gasteiger partial charge in [0, 0.05) is 26.8 Å². The smallest absolute Gasteiger partial charge is 0.143 e. The van der Waals surface area contributed by atoms with Gasteiger partial charge in [-0.3, -0.25) is 0 Å². The molecule has 0 amide bonds. The number of benzene rings is 1. The minimum absolute atomic E-state index is 0.679. The second kappa shape index (κ2) is 5.96. The molecule has 100 valence electrons. The predicted octanol–water partition coefficient (Wildman–Crippen LogP) is 2.14. The minimum atomic E-state index is 0.679. The third-order valence-electron chi connectivity index (χ3n) is 3.62. The summed E-state index contributed by atoms with van der Waals surface area (Å²) in [7, 11) is 3.42. The van der Waals surface area contributed by atoms with Gasteiger partial charge in [0.2, 0.25) is 0 Å². The number of anilines is 2. The summed E-state index contributed by atoms with van der Waals surface area (Å²) in [6, 6.07) is 5.96. The molecule has 0 bridgehead atoms. The Morgan fingerprint density at radius 1 is 1.28 bits per heavy atom. The average Bonchev–Trinajstić information content (AvgIpc) is 2.41. The summed E-state index contributed by atoms with van der Waals surface area (Å²) >= 11 is 0. The molecule has 1 aliphatic rings. The van der Waals surface area contributed by atoms with Crippen molar-refractivity contribution in [1.29, 1.82) is 0 Å². The van der Waals surface area contributed by atoms with Gasteiger partial charge in [0.05, 0.1) is 18.5 Å². The lowest BCUT2D eigenvalue weighted by Crippen LogP contribution is -2.35. The van der Waals surface area contributed by atoms with Gasteiger partial charge in [0.1, 0.15) is 5.75 Å². The first-order valence-corrected chi connectivity index (χ1v) is 6.42. The van der Waals surface area contributed by atoms with Crippen LogP contribution in [0.4, 0.5) is 11.4 Å². The van der Waals surface area contributed by atoms with Gasteiger partial charge in [-0.25, -0.2) is 0 Å². The Hall–Kier alpha value is -1.42. The summed E-state index contributed by atoms with van der Waals surface area (Å²) in [5.74, 6) is 1.43. The van der Waals surface area contributed by atoms with Crippen LogP contribution in [-0.2, 0) is 4.74 Å². The molecular weight excluding hydrogens is 228 g/mol. The molecular formula is C14H22N2O2. The van der Waals surface area contributed by atoms with Crippen molar-refractivity contribution in [3.8, 4) is 5.75 Å². The summed E-state index contributed by atoms with van der Waals surface area (Å²) in [6.07, 6.45) is 2.31. The highest BCUT2D eigenvalue weighted by Gasteiger charge is 2.21. The Balaban J connectivity index is 2.05. The number of nitrogens with zero attached hydrogens (tertiary/aromatic N) is 1. The van der Waals surface area contributed by atoms with Crippen LogP contribution in [0.5, 0.6) is 5.75 Å². The van der Waals surface area contributed by atoms with Crippen molar-refractivity contribution < 1.29 is 9.47 Å². The zero-order valence-corrected chi connectivity index (χ0v) is 11.2. The Morgan fingerprint density at radius 2 is 2.00 bits per heavy atom. The monoisotopic (exact) mass is 250 g/mol. The van der Waals surface area contributed by atoms with Gasteiger partial charge in [-0.05, 0) is 30.9 Å². The second-order valence-corrected chi connectivity index (χ2v) is 4.78. The van der Waals surface area contributed by atoms with Gasteiger partial charge < -0.3 is 20.1 Å². The van der Waals surface area contributed by atoms with Crippen molar-refractivity contribution in [2.45, 2.75) is 12.8 Å². The molecule has 0 atom stereocenters. The fraction of sp³-hybridized carbons (Fsp3) is 0.571. The lowest BCUT2D eigenvalue weighted by atomic mass is 9.97. The van der Waals surface area contributed by atoms with E-state index in [9.17, 15) is 0 Å². The predicted molar refractivity (Wildman–Crippen MR) is 74.2 cm³/mol. The number of ether oxygens (including phenoxy) is 2. The Labute approximate surface area is 109 Å². The minimum Gasteiger partial charge on any atom is -0.495 e. The second-order valence-electron chi connectivity index (χ2n) is 4.78. The summed E-state index contributed by atoms with van der Waals surface area (Å²) in [4.78, 5) is 2.34. The van der Waals surface area contributed by atoms with Crippen molar-refractivity contribution in [1.82, 2.24) is 0 Å². The number of piperidine rings is 1. The molecule has 0 spiro atoms. The van der Waals surface area contributed by atoms with E-state index in [-0.39, 0.29) is 0 Å². The van der Waals surface area contributed by atoms with E-state index < -0.39 is 0 Å². The van der Waals surface area contributed by atoms with E-state index in [1.807, 2.05) is 12.1 Å². The van der Waals surface area contributed by atoms with Gasteiger partial charge >= 0.3 is 0 Å². The summed E-state index contributed by atoms with van der Waals surface area (Å²) in [6.45, 7) is 2.93. The number of methoxy groups -OCH3 is 2. The van der Waals surface area contributed by atoms with E-state index in [4.69, 9.17) is 15.2 Å². The number of para-hydroxylation sites is 1. The van der Waals surface area contributed by atoms with Crippen LogP contribution in [0, 0.1) is 5.92 Å². The quantitative estimate of drug-likeness (QED) is 0.832. The normalized spacial score (nSPS) is 16.9. The zero-order chi connectivity index (χ0) is 13.0. The van der Waals surface area contributed by atoms with Crippen LogP contribution in [0.25, 0.3) is 0 Å². The zero-order valence-electron chi connectivity index (χ0n) is 11.2. The molecule has 0 saturated carbocycles. The fourth-order valence-electron chi connectivity index (χ4n) is 2.56. The molecule has 0 radical (unpaired) electrons. The van der Waals surface area contributed by atoms with E-state index in [0.29, 0.717) is 5.92 Å². The molecule has 1 aromatic rings. The average molecular weight is 250 g/mol. The van der Waals surface area contributed by atoms with Crippen LogP contribution >= 0.6 is 0 Å². The molecule has 4 nitrogen and oxygen atoms in total. The van der Waals surface area contributed by atoms with Gasteiger partial charge in [0.25, 0.3) is 0 Å². The summed E-state index contributed by atoms with van der Waals surface area (Å²) < 4.78 is 10.5. The summed E-state index contributed by atoms with van der Waals surface area (Å²) in [5.41, 5.74) is 7.96. The lowest BCUT2D eigenvalue weighted by Gasteiger charge is -2.34. The van der Waals surface area contributed by atoms with Crippen molar-refractivity contribution in [2.75, 3.05) is 44.5 Å². The van der Waals surface area contributed by atoms with Crippen LogP contribution in [0.2, 0.25) is 0 Å². The molecule has 1 aliphatic heterocycles. The highest BCUT2D eigenvalue weighted by molar-refractivity contribution is 5.74. The van der Waals surface area contributed by atoms with Crippen LogP contribution in [-0.4, -0.2) is 33.9 Å². The van der Waals surface area contributed by atoms with Crippen molar-refractivity contribution in [2.24, 2.45) is 5.92 Å². The van der Waals surface area contributed by atoms with Gasteiger partial charge in [0.15, 0.2) is 0 Å². The maximum Gasteiger partial charge on any atom is 0.143 e. The lowest BCUT2D eigenvalue weighted by molar-refractivity contribution is 0.139. The van der Waals surface area contributed by atoms with E-state index >= 15 is 0 Å². The molecule has 2 N–H and O–H groups in total.